The third-order valence-corrected chi connectivity index (χ3v) is 2.36. The van der Waals surface area contributed by atoms with Crippen LogP contribution in [0, 0.1) is 6.92 Å². The summed E-state index contributed by atoms with van der Waals surface area (Å²) >= 11 is 0. The van der Waals surface area contributed by atoms with Gasteiger partial charge in [0, 0.05) is 13.3 Å². The Morgan fingerprint density at radius 3 is 2.79 bits per heavy atom. The largest absolute Gasteiger partial charge is 0.546 e. The molecule has 0 aliphatic rings. The SMILES string of the molecule is CCCc1n(C)c(C)c[n+]1CC(=O)[O-]. The fraction of sp³-hybridized carbons (Fsp3) is 0.600. The van der Waals surface area contributed by atoms with Crippen LogP contribution in [0.15, 0.2) is 6.20 Å². The second-order valence-corrected chi connectivity index (χ2v) is 3.50. The van der Waals surface area contributed by atoms with E-state index in [1.54, 1.807) is 4.57 Å². The van der Waals surface area contributed by atoms with E-state index >= 15 is 0 Å². The molecule has 0 aliphatic heterocycles. The fourth-order valence-electron chi connectivity index (χ4n) is 1.59. The minimum Gasteiger partial charge on any atom is -0.546 e. The summed E-state index contributed by atoms with van der Waals surface area (Å²) in [4.78, 5) is 10.5. The molecular weight excluding hydrogens is 180 g/mol. The average Bonchev–Trinajstić information content (AvgIpc) is 2.32. The maximum atomic E-state index is 10.5. The van der Waals surface area contributed by atoms with Crippen molar-refractivity contribution in [1.82, 2.24) is 4.57 Å². The van der Waals surface area contributed by atoms with Gasteiger partial charge in [0.25, 0.3) is 5.82 Å². The summed E-state index contributed by atoms with van der Waals surface area (Å²) in [6.45, 7) is 3.98. The lowest BCUT2D eigenvalue weighted by molar-refractivity contribution is -0.697. The number of hydrogen-bond donors (Lipinski definition) is 0. The number of imidazole rings is 1. The Hall–Kier alpha value is -1.32. The predicted octanol–water partition coefficient (Wildman–Crippen LogP) is -0.677. The summed E-state index contributed by atoms with van der Waals surface area (Å²) in [6.07, 6.45) is 3.74. The highest BCUT2D eigenvalue weighted by Gasteiger charge is 2.16. The first-order valence-corrected chi connectivity index (χ1v) is 4.80. The number of nitrogens with zero attached hydrogens (tertiary/aromatic N) is 2. The number of carboxylic acids is 1. The smallest absolute Gasteiger partial charge is 0.256 e. The number of carbonyl (C=O) groups excluding carboxylic acids is 1. The highest BCUT2D eigenvalue weighted by molar-refractivity contribution is 5.62. The van der Waals surface area contributed by atoms with Gasteiger partial charge in [0.2, 0.25) is 0 Å². The Morgan fingerprint density at radius 1 is 1.64 bits per heavy atom. The summed E-state index contributed by atoms with van der Waals surface area (Å²) in [7, 11) is 1.95. The molecule has 1 rings (SSSR count). The van der Waals surface area contributed by atoms with Crippen LogP contribution in [-0.4, -0.2) is 10.5 Å². The van der Waals surface area contributed by atoms with Crippen molar-refractivity contribution in [3.63, 3.8) is 0 Å². The molecule has 0 radical (unpaired) electrons. The van der Waals surface area contributed by atoms with E-state index in [1.165, 1.54) is 0 Å². The van der Waals surface area contributed by atoms with Gasteiger partial charge in [-0.15, -0.1) is 0 Å². The van der Waals surface area contributed by atoms with Crippen LogP contribution in [0.2, 0.25) is 0 Å². The van der Waals surface area contributed by atoms with Crippen LogP contribution in [0.1, 0.15) is 24.9 Å². The summed E-state index contributed by atoms with van der Waals surface area (Å²) in [5.74, 6) is -0.00727. The van der Waals surface area contributed by atoms with E-state index in [-0.39, 0.29) is 6.54 Å². The van der Waals surface area contributed by atoms with Crippen LogP contribution < -0.4 is 9.67 Å². The van der Waals surface area contributed by atoms with Crippen molar-refractivity contribution < 1.29 is 14.5 Å². The Bertz CT molecular complexity index is 342. The lowest BCUT2D eigenvalue weighted by Gasteiger charge is -2.02. The molecule has 0 bridgehead atoms. The van der Waals surface area contributed by atoms with Crippen molar-refractivity contribution >= 4 is 5.97 Å². The van der Waals surface area contributed by atoms with Crippen molar-refractivity contribution in [1.29, 1.82) is 0 Å². The third-order valence-electron chi connectivity index (χ3n) is 2.36. The molecule has 0 atom stereocenters. The number of hydrogen-bond acceptors (Lipinski definition) is 2. The van der Waals surface area contributed by atoms with E-state index in [2.05, 4.69) is 6.92 Å². The van der Waals surface area contributed by atoms with Crippen LogP contribution >= 0.6 is 0 Å². The minimum absolute atomic E-state index is 0.0585. The average molecular weight is 196 g/mol. The zero-order valence-electron chi connectivity index (χ0n) is 8.91. The number of aromatic nitrogens is 2. The minimum atomic E-state index is -1.04. The zero-order valence-corrected chi connectivity index (χ0v) is 8.91. The van der Waals surface area contributed by atoms with Gasteiger partial charge in [-0.05, 0) is 6.42 Å². The Balaban J connectivity index is 3.01. The molecular formula is C10H16N2O2. The molecule has 1 heterocycles. The number of carboxylic acid groups (broad SMARTS) is 1. The van der Waals surface area contributed by atoms with Crippen LogP contribution in [-0.2, 0) is 24.8 Å². The molecule has 1 aromatic rings. The summed E-state index contributed by atoms with van der Waals surface area (Å²) in [5.41, 5.74) is 1.06. The first-order valence-electron chi connectivity index (χ1n) is 4.80. The molecule has 1 aromatic heterocycles. The molecule has 0 unspecified atom stereocenters. The normalized spacial score (nSPS) is 10.5. The Kier molecular flexibility index (Phi) is 3.28. The first-order chi connectivity index (χ1) is 6.56. The van der Waals surface area contributed by atoms with Crippen LogP contribution in [0.4, 0.5) is 0 Å². The summed E-state index contributed by atoms with van der Waals surface area (Å²) in [6, 6.07) is 0. The molecule has 0 amide bonds. The topological polar surface area (TPSA) is 48.9 Å². The van der Waals surface area contributed by atoms with E-state index in [1.807, 2.05) is 24.7 Å². The summed E-state index contributed by atoms with van der Waals surface area (Å²) < 4.78 is 3.76. The van der Waals surface area contributed by atoms with Gasteiger partial charge in [0.15, 0.2) is 0 Å². The molecule has 0 fully saturated rings. The van der Waals surface area contributed by atoms with Crippen LogP contribution in [0.5, 0.6) is 0 Å². The highest BCUT2D eigenvalue weighted by Crippen LogP contribution is 2.02. The molecule has 4 heteroatoms. The third kappa shape index (κ3) is 2.13. The van der Waals surface area contributed by atoms with E-state index in [9.17, 15) is 9.90 Å². The molecule has 4 nitrogen and oxygen atoms in total. The van der Waals surface area contributed by atoms with Gasteiger partial charge in [-0.3, -0.25) is 0 Å². The highest BCUT2D eigenvalue weighted by atomic mass is 16.4. The Morgan fingerprint density at radius 2 is 2.29 bits per heavy atom. The van der Waals surface area contributed by atoms with Crippen molar-refractivity contribution in [2.75, 3.05) is 0 Å². The lowest BCUT2D eigenvalue weighted by Crippen LogP contribution is -2.45. The van der Waals surface area contributed by atoms with Gasteiger partial charge in [-0.25, -0.2) is 9.13 Å². The number of carbonyl (C=O) groups is 1. The summed E-state index contributed by atoms with van der Waals surface area (Å²) in [5, 5.41) is 10.5. The standard InChI is InChI=1S/C10H16N2O2/c1-4-5-9-11(3)8(2)6-12(9)7-10(13)14/h6H,4-5,7H2,1-3H3. The van der Waals surface area contributed by atoms with E-state index in [0.717, 1.165) is 24.4 Å². The van der Waals surface area contributed by atoms with Crippen molar-refractivity contribution in [3.8, 4) is 0 Å². The van der Waals surface area contributed by atoms with Gasteiger partial charge in [0.1, 0.15) is 18.4 Å². The fourth-order valence-corrected chi connectivity index (χ4v) is 1.59. The predicted molar refractivity (Wildman–Crippen MR) is 49.3 cm³/mol. The number of aliphatic carboxylic acids is 1. The molecule has 78 valence electrons. The Labute approximate surface area is 83.8 Å². The second-order valence-electron chi connectivity index (χ2n) is 3.50. The molecule has 0 spiro atoms. The monoisotopic (exact) mass is 196 g/mol. The van der Waals surface area contributed by atoms with Gasteiger partial charge < -0.3 is 9.90 Å². The molecule has 0 saturated heterocycles. The number of rotatable bonds is 4. The maximum Gasteiger partial charge on any atom is 0.256 e. The van der Waals surface area contributed by atoms with Crippen LogP contribution in [0.3, 0.4) is 0 Å². The first kappa shape index (κ1) is 10.8. The van der Waals surface area contributed by atoms with Gasteiger partial charge in [-0.1, -0.05) is 6.92 Å². The van der Waals surface area contributed by atoms with E-state index in [4.69, 9.17) is 0 Å². The van der Waals surface area contributed by atoms with E-state index in [0.29, 0.717) is 0 Å². The molecule has 14 heavy (non-hydrogen) atoms. The van der Waals surface area contributed by atoms with Crippen molar-refractivity contribution in [3.05, 3.63) is 17.7 Å². The van der Waals surface area contributed by atoms with Crippen LogP contribution in [0.25, 0.3) is 0 Å². The molecule has 0 N–H and O–H groups in total. The zero-order chi connectivity index (χ0) is 10.7. The molecule has 0 saturated carbocycles. The van der Waals surface area contributed by atoms with Gasteiger partial charge in [0.05, 0.1) is 13.0 Å². The second kappa shape index (κ2) is 4.26. The maximum absolute atomic E-state index is 10.5. The number of aryl methyl sites for hydroxylation is 1. The van der Waals surface area contributed by atoms with Gasteiger partial charge in [-0.2, -0.15) is 0 Å². The quantitative estimate of drug-likeness (QED) is 0.599. The molecule has 0 aliphatic carbocycles. The lowest BCUT2D eigenvalue weighted by atomic mass is 10.3. The van der Waals surface area contributed by atoms with Gasteiger partial charge >= 0.3 is 0 Å². The van der Waals surface area contributed by atoms with Crippen molar-refractivity contribution in [2.24, 2.45) is 7.05 Å². The molecule has 0 aromatic carbocycles. The van der Waals surface area contributed by atoms with Crippen molar-refractivity contribution in [2.45, 2.75) is 33.2 Å². The van der Waals surface area contributed by atoms with E-state index < -0.39 is 5.97 Å².